The lowest BCUT2D eigenvalue weighted by molar-refractivity contribution is -0.124. The van der Waals surface area contributed by atoms with Crippen LogP contribution in [0.5, 0.6) is 5.75 Å². The van der Waals surface area contributed by atoms with Crippen LogP contribution >= 0.6 is 11.3 Å². The number of aromatic nitrogens is 1. The van der Waals surface area contributed by atoms with E-state index >= 15 is 0 Å². The van der Waals surface area contributed by atoms with Crippen molar-refractivity contribution in [3.05, 3.63) is 23.6 Å². The summed E-state index contributed by atoms with van der Waals surface area (Å²) in [7, 11) is 1.72. The molecule has 130 valence electrons. The first-order valence-corrected chi connectivity index (χ1v) is 8.91. The number of amides is 2. The zero-order chi connectivity index (χ0) is 17.4. The van der Waals surface area contributed by atoms with Crippen LogP contribution in [0.4, 0.5) is 10.8 Å². The quantitative estimate of drug-likeness (QED) is 0.909. The van der Waals surface area contributed by atoms with Crippen molar-refractivity contribution in [2.24, 2.45) is 0 Å². The van der Waals surface area contributed by atoms with Gasteiger partial charge in [0.25, 0.3) is 11.8 Å². The summed E-state index contributed by atoms with van der Waals surface area (Å²) in [6.07, 6.45) is 1.27. The minimum absolute atomic E-state index is 0.0545. The number of carbonyl (C=O) groups excluding carboxylic acids is 2. The second-order valence-electron chi connectivity index (χ2n) is 5.95. The van der Waals surface area contributed by atoms with Crippen LogP contribution in [0.15, 0.2) is 23.6 Å². The van der Waals surface area contributed by atoms with Gasteiger partial charge in [0.1, 0.15) is 11.9 Å². The Labute approximate surface area is 148 Å². The summed E-state index contributed by atoms with van der Waals surface area (Å²) in [6.45, 7) is 0.684. The Balaban J connectivity index is 1.54. The summed E-state index contributed by atoms with van der Waals surface area (Å²) >= 11 is 1.36. The van der Waals surface area contributed by atoms with Gasteiger partial charge in [0.2, 0.25) is 0 Å². The molecule has 1 aromatic heterocycles. The molecule has 2 aliphatic rings. The maximum absolute atomic E-state index is 12.1. The Morgan fingerprint density at radius 3 is 3.12 bits per heavy atom. The number of carbonyl (C=O) groups is 2. The van der Waals surface area contributed by atoms with Crippen LogP contribution in [-0.4, -0.2) is 43.2 Å². The molecule has 0 radical (unpaired) electrons. The van der Waals surface area contributed by atoms with Crippen molar-refractivity contribution in [1.82, 2.24) is 4.98 Å². The van der Waals surface area contributed by atoms with Gasteiger partial charge in [0.05, 0.1) is 11.4 Å². The average Bonchev–Trinajstić information content (AvgIpc) is 3.30. The molecular weight excluding hydrogens is 342 g/mol. The van der Waals surface area contributed by atoms with Gasteiger partial charge in [-0.2, -0.15) is 0 Å². The fourth-order valence-corrected chi connectivity index (χ4v) is 3.59. The van der Waals surface area contributed by atoms with E-state index in [-0.39, 0.29) is 24.5 Å². The number of likely N-dealkylation sites (N-methyl/N-ethyl adjacent to an activating group) is 1. The number of rotatable bonds is 3. The molecule has 0 aliphatic carbocycles. The van der Waals surface area contributed by atoms with E-state index in [0.29, 0.717) is 23.2 Å². The highest BCUT2D eigenvalue weighted by atomic mass is 32.1. The van der Waals surface area contributed by atoms with E-state index in [4.69, 9.17) is 9.47 Å². The fourth-order valence-electron chi connectivity index (χ4n) is 2.87. The Kier molecular flexibility index (Phi) is 4.14. The van der Waals surface area contributed by atoms with E-state index < -0.39 is 0 Å². The number of nitrogens with zero attached hydrogens (tertiary/aromatic N) is 2. The van der Waals surface area contributed by atoms with Crippen LogP contribution < -0.4 is 15.0 Å². The van der Waals surface area contributed by atoms with Gasteiger partial charge in [-0.15, -0.1) is 11.3 Å². The zero-order valence-corrected chi connectivity index (χ0v) is 14.5. The predicted octanol–water partition coefficient (Wildman–Crippen LogP) is 2.28. The molecule has 7 nitrogen and oxygen atoms in total. The minimum atomic E-state index is -0.382. The molecule has 0 spiro atoms. The molecule has 1 fully saturated rings. The lowest BCUT2D eigenvalue weighted by Crippen LogP contribution is -2.35. The second kappa shape index (κ2) is 6.45. The molecule has 0 bridgehead atoms. The molecule has 1 atom stereocenters. The smallest absolute Gasteiger partial charge is 0.264 e. The SMILES string of the molecule is CN1C(=O)COc2ccc(-c3csc(NC(=O)[C@H]4CCCO4)n3)cc21. The maximum Gasteiger partial charge on any atom is 0.264 e. The van der Waals surface area contributed by atoms with E-state index in [1.165, 1.54) is 11.3 Å². The molecule has 2 aromatic rings. The number of hydrogen-bond acceptors (Lipinski definition) is 6. The second-order valence-corrected chi connectivity index (χ2v) is 6.81. The molecule has 4 rings (SSSR count). The Morgan fingerprint density at radius 1 is 1.44 bits per heavy atom. The lowest BCUT2D eigenvalue weighted by atomic mass is 10.1. The van der Waals surface area contributed by atoms with E-state index in [0.717, 1.165) is 24.1 Å². The molecular formula is C17H17N3O4S. The van der Waals surface area contributed by atoms with E-state index in [2.05, 4.69) is 10.3 Å². The number of thiazole rings is 1. The molecule has 3 heterocycles. The summed E-state index contributed by atoms with van der Waals surface area (Å²) in [4.78, 5) is 29.9. The van der Waals surface area contributed by atoms with Gasteiger partial charge in [-0.1, -0.05) is 0 Å². The number of anilines is 2. The number of hydrogen-bond donors (Lipinski definition) is 1. The first kappa shape index (κ1) is 16.0. The van der Waals surface area contributed by atoms with Gasteiger partial charge < -0.3 is 14.4 Å². The van der Waals surface area contributed by atoms with Gasteiger partial charge >= 0.3 is 0 Å². The number of benzene rings is 1. The first-order valence-electron chi connectivity index (χ1n) is 8.03. The van der Waals surface area contributed by atoms with E-state index in [1.807, 2.05) is 23.6 Å². The summed E-state index contributed by atoms with van der Waals surface area (Å²) in [5.41, 5.74) is 2.31. The first-order chi connectivity index (χ1) is 12.1. The number of nitrogens with one attached hydrogen (secondary N) is 1. The topological polar surface area (TPSA) is 80.8 Å². The van der Waals surface area contributed by atoms with Gasteiger partial charge in [-0.05, 0) is 31.0 Å². The van der Waals surface area contributed by atoms with Gasteiger partial charge in [0.15, 0.2) is 11.7 Å². The molecule has 2 aliphatic heterocycles. The zero-order valence-electron chi connectivity index (χ0n) is 13.7. The molecule has 1 N–H and O–H groups in total. The molecule has 1 saturated heterocycles. The Bertz CT molecular complexity index is 829. The summed E-state index contributed by atoms with van der Waals surface area (Å²) in [5, 5.41) is 5.22. The largest absolute Gasteiger partial charge is 0.482 e. The lowest BCUT2D eigenvalue weighted by Gasteiger charge is -2.26. The summed E-state index contributed by atoms with van der Waals surface area (Å²) in [6, 6.07) is 5.59. The third-order valence-electron chi connectivity index (χ3n) is 4.30. The summed E-state index contributed by atoms with van der Waals surface area (Å²) < 4.78 is 10.8. The fraction of sp³-hybridized carbons (Fsp3) is 0.353. The number of fused-ring (bicyclic) bond motifs is 1. The molecule has 0 unspecified atom stereocenters. The third-order valence-corrected chi connectivity index (χ3v) is 5.06. The third kappa shape index (κ3) is 3.10. The van der Waals surface area contributed by atoms with Crippen LogP contribution in [0, 0.1) is 0 Å². The van der Waals surface area contributed by atoms with Crippen LogP contribution in [0.25, 0.3) is 11.3 Å². The molecule has 8 heteroatoms. The van der Waals surface area contributed by atoms with Crippen molar-refractivity contribution >= 4 is 34.0 Å². The molecule has 1 aromatic carbocycles. The highest BCUT2D eigenvalue weighted by Gasteiger charge is 2.25. The van der Waals surface area contributed by atoms with Crippen LogP contribution in [0.3, 0.4) is 0 Å². The van der Waals surface area contributed by atoms with Crippen LogP contribution in [0.1, 0.15) is 12.8 Å². The minimum Gasteiger partial charge on any atom is -0.482 e. The molecule has 2 amide bonds. The van der Waals surface area contributed by atoms with Crippen molar-refractivity contribution < 1.29 is 19.1 Å². The molecule has 0 saturated carbocycles. The van der Waals surface area contributed by atoms with E-state index in [1.54, 1.807) is 11.9 Å². The normalized spacial score (nSPS) is 19.5. The van der Waals surface area contributed by atoms with E-state index in [9.17, 15) is 9.59 Å². The van der Waals surface area contributed by atoms with Crippen molar-refractivity contribution in [3.63, 3.8) is 0 Å². The number of ether oxygens (including phenoxy) is 2. The monoisotopic (exact) mass is 359 g/mol. The van der Waals surface area contributed by atoms with Crippen molar-refractivity contribution in [2.45, 2.75) is 18.9 Å². The Morgan fingerprint density at radius 2 is 2.32 bits per heavy atom. The van der Waals surface area contributed by atoms with Crippen molar-refractivity contribution in [2.75, 3.05) is 30.5 Å². The molecule has 25 heavy (non-hydrogen) atoms. The van der Waals surface area contributed by atoms with Crippen molar-refractivity contribution in [3.8, 4) is 17.0 Å². The van der Waals surface area contributed by atoms with Crippen LogP contribution in [-0.2, 0) is 14.3 Å². The average molecular weight is 359 g/mol. The van der Waals surface area contributed by atoms with Gasteiger partial charge in [-0.25, -0.2) is 4.98 Å². The summed E-state index contributed by atoms with van der Waals surface area (Å²) in [5.74, 6) is 0.433. The highest BCUT2D eigenvalue weighted by molar-refractivity contribution is 7.14. The standard InChI is InChI=1S/C17H17N3O4S/c1-20-12-7-10(4-5-13(12)24-8-15(20)21)11-9-25-17(18-11)19-16(22)14-3-2-6-23-14/h4-5,7,9,14H,2-3,6,8H2,1H3,(H,18,19,22)/t14-/m1/s1. The highest BCUT2D eigenvalue weighted by Crippen LogP contribution is 2.36. The van der Waals surface area contributed by atoms with Gasteiger partial charge in [0, 0.05) is 24.6 Å². The predicted molar refractivity (Wildman–Crippen MR) is 94.1 cm³/mol. The maximum atomic E-state index is 12.1. The Hall–Kier alpha value is -2.45. The van der Waals surface area contributed by atoms with Crippen molar-refractivity contribution in [1.29, 1.82) is 0 Å². The van der Waals surface area contributed by atoms with Gasteiger partial charge in [-0.3, -0.25) is 14.9 Å². The van der Waals surface area contributed by atoms with Crippen LogP contribution in [0.2, 0.25) is 0 Å².